The molecule has 0 N–H and O–H groups in total. The fraction of sp³-hybridized carbons (Fsp3) is 0.136. The summed E-state index contributed by atoms with van der Waals surface area (Å²) in [6.45, 7) is 2.26. The highest BCUT2D eigenvalue weighted by molar-refractivity contribution is 7.67. The van der Waals surface area contributed by atoms with Gasteiger partial charge in [0.05, 0.1) is 20.2 Å². The summed E-state index contributed by atoms with van der Waals surface area (Å²) >= 11 is 0. The van der Waals surface area contributed by atoms with Gasteiger partial charge in [-0.15, -0.1) is 12.4 Å². The van der Waals surface area contributed by atoms with Crippen LogP contribution in [0.5, 0.6) is 0 Å². The molecule has 0 heterocycles. The minimum atomic E-state index is -1.09. The molecule has 3 rings (SSSR count). The molecule has 3 aromatic carbocycles. The van der Waals surface area contributed by atoms with Crippen molar-refractivity contribution in [3.8, 4) is 0 Å². The molecule has 0 amide bonds. The van der Waals surface area contributed by atoms with Crippen LogP contribution in [0.1, 0.15) is 16.7 Å². The van der Waals surface area contributed by atoms with Gasteiger partial charge in [0.25, 0.3) is 0 Å². The van der Waals surface area contributed by atoms with Crippen LogP contribution in [0, 0.1) is 0 Å². The van der Waals surface area contributed by atoms with Crippen molar-refractivity contribution in [1.82, 2.24) is 0 Å². The van der Waals surface area contributed by atoms with Gasteiger partial charge in [-0.1, -0.05) is 91.0 Å². The van der Waals surface area contributed by atoms with Crippen LogP contribution in [0.15, 0.2) is 91.0 Å². The monoisotopic (exact) mass is 384 g/mol. The topological polar surface area (TPSA) is 26.3 Å². The smallest absolute Gasteiger partial charge is 0.168 e. The maximum atomic E-state index is 11.1. The minimum absolute atomic E-state index is 0. The third-order valence-electron chi connectivity index (χ3n) is 4.43. The lowest BCUT2D eigenvalue weighted by Crippen LogP contribution is -2.34. The summed E-state index contributed by atoms with van der Waals surface area (Å²) in [5, 5.41) is 0. The van der Waals surface area contributed by atoms with E-state index >= 15 is 0 Å². The van der Waals surface area contributed by atoms with Gasteiger partial charge < -0.3 is 4.52 Å². The number of carbonyl (C=O) groups excluding carboxylic acids is 1. The summed E-state index contributed by atoms with van der Waals surface area (Å²) in [6, 6.07) is 32.0. The first-order chi connectivity index (χ1) is 12.3. The van der Waals surface area contributed by atoms with E-state index in [1.54, 1.807) is 0 Å². The maximum Gasteiger partial charge on any atom is 0.168 e. The van der Waals surface area contributed by atoms with Gasteiger partial charge in [0.2, 0.25) is 0 Å². The van der Waals surface area contributed by atoms with Crippen molar-refractivity contribution in [2.24, 2.45) is 0 Å². The predicted molar refractivity (Wildman–Crippen MR) is 112 cm³/mol. The van der Waals surface area contributed by atoms with Crippen LogP contribution < -0.4 is 0 Å². The van der Waals surface area contributed by atoms with E-state index in [0.717, 1.165) is 22.7 Å². The van der Waals surface area contributed by atoms with Gasteiger partial charge in [0.1, 0.15) is 0 Å². The molecule has 134 valence electrons. The molecule has 0 saturated carbocycles. The van der Waals surface area contributed by atoms with Crippen molar-refractivity contribution < 1.29 is 9.32 Å². The SMILES string of the molecule is CP(C=O)OCC(c1ccccc1)(c1ccccc1)c1ccccc1.Cl. The minimum Gasteiger partial charge on any atom is -0.350 e. The molecule has 26 heavy (non-hydrogen) atoms. The van der Waals surface area contributed by atoms with Crippen molar-refractivity contribution in [3.63, 3.8) is 0 Å². The van der Waals surface area contributed by atoms with E-state index in [9.17, 15) is 4.79 Å². The van der Waals surface area contributed by atoms with Crippen LogP contribution in [-0.2, 0) is 14.7 Å². The van der Waals surface area contributed by atoms with Crippen LogP contribution in [0.4, 0.5) is 0 Å². The Morgan fingerprint density at radius 2 is 1.12 bits per heavy atom. The molecule has 0 aliphatic heterocycles. The summed E-state index contributed by atoms with van der Waals surface area (Å²) in [6.07, 6.45) is 0. The zero-order valence-corrected chi connectivity index (χ0v) is 16.3. The summed E-state index contributed by atoms with van der Waals surface area (Å²) in [5.74, 6) is 0. The molecule has 2 nitrogen and oxygen atoms in total. The van der Waals surface area contributed by atoms with Gasteiger partial charge in [-0.25, -0.2) is 0 Å². The second-order valence-electron chi connectivity index (χ2n) is 5.93. The Balaban J connectivity index is 0.00000243. The van der Waals surface area contributed by atoms with Crippen LogP contribution in [0.25, 0.3) is 0 Å². The second-order valence-corrected chi connectivity index (χ2v) is 7.49. The van der Waals surface area contributed by atoms with E-state index < -0.39 is 13.6 Å². The average Bonchev–Trinajstić information content (AvgIpc) is 2.71. The van der Waals surface area contributed by atoms with Gasteiger partial charge in [0, 0.05) is 0 Å². The van der Waals surface area contributed by atoms with Gasteiger partial charge in [-0.2, -0.15) is 0 Å². The first-order valence-corrected chi connectivity index (χ1v) is 10.0. The first kappa shape index (κ1) is 20.3. The molecule has 0 aromatic heterocycles. The fourth-order valence-corrected chi connectivity index (χ4v) is 3.61. The quantitative estimate of drug-likeness (QED) is 0.298. The number of halogens is 1. The fourth-order valence-electron chi connectivity index (χ4n) is 3.15. The van der Waals surface area contributed by atoms with Gasteiger partial charge in [-0.3, -0.25) is 4.79 Å². The Hall–Kier alpha value is -1.99. The molecule has 0 radical (unpaired) electrons. The molecule has 1 unspecified atom stereocenters. The molecule has 4 heteroatoms. The summed E-state index contributed by atoms with van der Waals surface area (Å²) in [4.78, 5) is 11.1. The lowest BCUT2D eigenvalue weighted by atomic mass is 9.70. The number of hydrogen-bond donors (Lipinski definition) is 0. The third-order valence-corrected chi connectivity index (χ3v) is 5.27. The van der Waals surface area contributed by atoms with E-state index in [0.29, 0.717) is 6.61 Å². The Morgan fingerprint density at radius 1 is 0.769 bits per heavy atom. The van der Waals surface area contributed by atoms with Crippen LogP contribution in [0.3, 0.4) is 0 Å². The van der Waals surface area contributed by atoms with Crippen molar-refractivity contribution in [2.75, 3.05) is 13.3 Å². The highest BCUT2D eigenvalue weighted by atomic mass is 35.5. The first-order valence-electron chi connectivity index (χ1n) is 8.25. The Labute approximate surface area is 162 Å². The maximum absolute atomic E-state index is 11.1. The van der Waals surface area contributed by atoms with E-state index in [1.165, 1.54) is 0 Å². The molecule has 0 spiro atoms. The van der Waals surface area contributed by atoms with E-state index in [2.05, 4.69) is 36.4 Å². The number of benzene rings is 3. The van der Waals surface area contributed by atoms with Gasteiger partial charge >= 0.3 is 0 Å². The molecular formula is C22H22ClO2P. The molecule has 0 fully saturated rings. The van der Waals surface area contributed by atoms with Gasteiger partial charge in [-0.05, 0) is 23.4 Å². The standard InChI is InChI=1S/C22H21O2P.ClH/c1-25(18-23)24-17-22(19-11-5-2-6-12-19,20-13-7-3-8-14-20)21-15-9-4-10-16-21;/h2-16,18H,17H2,1H3;1H. The Kier molecular flexibility index (Phi) is 7.53. The molecule has 0 aliphatic carbocycles. The molecule has 0 bridgehead atoms. The normalized spacial score (nSPS) is 12.0. The van der Waals surface area contributed by atoms with Crippen molar-refractivity contribution in [3.05, 3.63) is 108 Å². The summed E-state index contributed by atoms with van der Waals surface area (Å²) < 4.78 is 6.02. The van der Waals surface area contributed by atoms with Crippen LogP contribution in [-0.4, -0.2) is 19.3 Å². The Morgan fingerprint density at radius 3 is 1.42 bits per heavy atom. The van der Waals surface area contributed by atoms with Crippen LogP contribution >= 0.6 is 20.6 Å². The van der Waals surface area contributed by atoms with Gasteiger partial charge in [0.15, 0.2) is 6.03 Å². The summed E-state index contributed by atoms with van der Waals surface area (Å²) in [7, 11) is -1.09. The molecule has 0 aliphatic rings. The van der Waals surface area contributed by atoms with E-state index in [-0.39, 0.29) is 12.4 Å². The number of carbonyl (C=O) groups is 1. The van der Waals surface area contributed by atoms with Crippen molar-refractivity contribution >= 4 is 26.6 Å². The van der Waals surface area contributed by atoms with E-state index in [4.69, 9.17) is 4.52 Å². The lowest BCUT2D eigenvalue weighted by Gasteiger charge is -2.36. The second kappa shape index (κ2) is 9.64. The van der Waals surface area contributed by atoms with Crippen molar-refractivity contribution in [1.29, 1.82) is 0 Å². The summed E-state index contributed by atoms with van der Waals surface area (Å²) in [5.41, 5.74) is 3.01. The predicted octanol–water partition coefficient (Wildman–Crippen LogP) is 5.68. The zero-order chi connectivity index (χ0) is 17.5. The average molecular weight is 385 g/mol. The number of hydrogen-bond acceptors (Lipinski definition) is 2. The zero-order valence-electron chi connectivity index (χ0n) is 14.6. The largest absolute Gasteiger partial charge is 0.350 e. The Bertz CT molecular complexity index is 697. The van der Waals surface area contributed by atoms with Crippen LogP contribution in [0.2, 0.25) is 0 Å². The molecule has 0 saturated heterocycles. The molecule has 1 atom stereocenters. The highest BCUT2D eigenvalue weighted by Crippen LogP contribution is 2.42. The lowest BCUT2D eigenvalue weighted by molar-refractivity contribution is 0.297. The third kappa shape index (κ3) is 4.22. The van der Waals surface area contributed by atoms with Crippen molar-refractivity contribution in [2.45, 2.75) is 5.41 Å². The number of rotatable bonds is 7. The molecular weight excluding hydrogens is 363 g/mol. The molecule has 3 aromatic rings. The highest BCUT2D eigenvalue weighted by Gasteiger charge is 2.37. The van der Waals surface area contributed by atoms with E-state index in [1.807, 2.05) is 61.3 Å².